The zero-order valence-electron chi connectivity index (χ0n) is 7.86. The van der Waals surface area contributed by atoms with E-state index in [0.717, 1.165) is 13.2 Å². The lowest BCUT2D eigenvalue weighted by Crippen LogP contribution is -2.06. The average Bonchev–Trinajstić information content (AvgIpc) is 2.03. The normalized spacial score (nSPS) is 10.4. The monoisotopic (exact) mass is 159 g/mol. The van der Waals surface area contributed by atoms with Crippen LogP contribution < -0.4 is 5.32 Å². The van der Waals surface area contributed by atoms with Gasteiger partial charge in [-0.3, -0.25) is 0 Å². The minimum absolute atomic E-state index is 0.923. The second kappa shape index (κ2) is 9.92. The number of hydrogen-bond donors (Lipinski definition) is 1. The number of unbranched alkanes of at least 4 members (excludes halogenated alkanes) is 4. The predicted octanol–water partition coefficient (Wildman–Crippen LogP) is 1.80. The molecule has 0 unspecified atom stereocenters. The van der Waals surface area contributed by atoms with Crippen molar-refractivity contribution in [3.8, 4) is 0 Å². The average molecular weight is 159 g/mol. The maximum Gasteiger partial charge on any atom is 0.0462 e. The van der Waals surface area contributed by atoms with Crippen molar-refractivity contribution < 1.29 is 4.74 Å². The molecule has 68 valence electrons. The highest BCUT2D eigenvalue weighted by Crippen LogP contribution is 2.01. The Kier molecular flexibility index (Phi) is 9.85. The third-order valence-corrected chi connectivity index (χ3v) is 1.78. The predicted molar refractivity (Wildman–Crippen MR) is 48.9 cm³/mol. The molecule has 2 heteroatoms. The Morgan fingerprint density at radius 3 is 2.27 bits per heavy atom. The molecule has 0 fully saturated rings. The van der Waals surface area contributed by atoms with Crippen molar-refractivity contribution in [1.29, 1.82) is 0 Å². The fourth-order valence-electron chi connectivity index (χ4n) is 1.08. The lowest BCUT2D eigenvalue weighted by Gasteiger charge is -2.00. The van der Waals surface area contributed by atoms with Gasteiger partial charge in [0.05, 0.1) is 0 Å². The van der Waals surface area contributed by atoms with Crippen molar-refractivity contribution >= 4 is 0 Å². The van der Waals surface area contributed by atoms with Gasteiger partial charge in [0.1, 0.15) is 0 Å². The Morgan fingerprint density at radius 1 is 1.00 bits per heavy atom. The molecule has 0 aliphatic carbocycles. The fraction of sp³-hybridized carbons (Fsp3) is 1.00. The standard InChI is InChI=1S/C9H21NO/c1-10-8-6-4-3-5-7-9-11-2/h10H,3-9H2,1-2H3. The smallest absolute Gasteiger partial charge is 0.0462 e. The Morgan fingerprint density at radius 2 is 1.64 bits per heavy atom. The van der Waals surface area contributed by atoms with Crippen LogP contribution in [0.1, 0.15) is 32.1 Å². The van der Waals surface area contributed by atoms with Crippen LogP contribution in [-0.4, -0.2) is 27.3 Å². The number of hydrogen-bond acceptors (Lipinski definition) is 2. The Bertz CT molecular complexity index is 58.6. The molecule has 0 aliphatic rings. The SMILES string of the molecule is CNCCCCCCCOC. The molecule has 0 aromatic rings. The molecular weight excluding hydrogens is 138 g/mol. The van der Waals surface area contributed by atoms with Gasteiger partial charge in [-0.1, -0.05) is 19.3 Å². The van der Waals surface area contributed by atoms with Crippen LogP contribution in [0.5, 0.6) is 0 Å². The summed E-state index contributed by atoms with van der Waals surface area (Å²) < 4.78 is 4.96. The number of nitrogens with one attached hydrogen (secondary N) is 1. The first-order chi connectivity index (χ1) is 5.41. The maximum atomic E-state index is 4.96. The van der Waals surface area contributed by atoms with E-state index in [1.165, 1.54) is 32.1 Å². The van der Waals surface area contributed by atoms with Gasteiger partial charge in [-0.15, -0.1) is 0 Å². The molecular formula is C9H21NO. The molecule has 1 N–H and O–H groups in total. The van der Waals surface area contributed by atoms with Crippen molar-refractivity contribution in [3.63, 3.8) is 0 Å². The van der Waals surface area contributed by atoms with Crippen LogP contribution in [0.2, 0.25) is 0 Å². The van der Waals surface area contributed by atoms with Crippen molar-refractivity contribution in [2.45, 2.75) is 32.1 Å². The molecule has 0 spiro atoms. The van der Waals surface area contributed by atoms with Gasteiger partial charge >= 0.3 is 0 Å². The van der Waals surface area contributed by atoms with Crippen molar-refractivity contribution in [3.05, 3.63) is 0 Å². The Balaban J connectivity index is 2.69. The van der Waals surface area contributed by atoms with Gasteiger partial charge in [0, 0.05) is 13.7 Å². The number of methoxy groups -OCH3 is 1. The summed E-state index contributed by atoms with van der Waals surface area (Å²) in [6.45, 7) is 2.08. The molecule has 0 bridgehead atoms. The Labute approximate surface area is 70.3 Å². The third-order valence-electron chi connectivity index (χ3n) is 1.78. The van der Waals surface area contributed by atoms with Gasteiger partial charge in [0.2, 0.25) is 0 Å². The zero-order valence-corrected chi connectivity index (χ0v) is 7.86. The molecule has 0 rings (SSSR count). The van der Waals surface area contributed by atoms with Crippen molar-refractivity contribution in [2.75, 3.05) is 27.3 Å². The van der Waals surface area contributed by atoms with Crippen molar-refractivity contribution in [1.82, 2.24) is 5.32 Å². The van der Waals surface area contributed by atoms with E-state index in [1.54, 1.807) is 7.11 Å². The van der Waals surface area contributed by atoms with Crippen LogP contribution in [0.15, 0.2) is 0 Å². The van der Waals surface area contributed by atoms with Crippen LogP contribution in [0.4, 0.5) is 0 Å². The summed E-state index contributed by atoms with van der Waals surface area (Å²) in [5.41, 5.74) is 0. The largest absolute Gasteiger partial charge is 0.385 e. The summed E-state index contributed by atoms with van der Waals surface area (Å²) in [6.07, 6.45) is 6.55. The molecule has 11 heavy (non-hydrogen) atoms. The molecule has 0 heterocycles. The minimum atomic E-state index is 0.923. The van der Waals surface area contributed by atoms with Crippen LogP contribution in [0, 0.1) is 0 Å². The van der Waals surface area contributed by atoms with Crippen molar-refractivity contribution in [2.24, 2.45) is 0 Å². The molecule has 0 amide bonds. The third kappa shape index (κ3) is 9.92. The van der Waals surface area contributed by atoms with Crippen LogP contribution in [0.3, 0.4) is 0 Å². The zero-order chi connectivity index (χ0) is 8.36. The van der Waals surface area contributed by atoms with Gasteiger partial charge in [-0.2, -0.15) is 0 Å². The summed E-state index contributed by atoms with van der Waals surface area (Å²) in [5, 5.41) is 3.15. The molecule has 0 aromatic carbocycles. The van der Waals surface area contributed by atoms with Crippen LogP contribution in [0.25, 0.3) is 0 Å². The van der Waals surface area contributed by atoms with Gasteiger partial charge in [-0.25, -0.2) is 0 Å². The van der Waals surface area contributed by atoms with E-state index in [-0.39, 0.29) is 0 Å². The van der Waals surface area contributed by atoms with Gasteiger partial charge in [-0.05, 0) is 26.4 Å². The fourth-order valence-corrected chi connectivity index (χ4v) is 1.08. The maximum absolute atomic E-state index is 4.96. The second-order valence-electron chi connectivity index (χ2n) is 2.86. The lowest BCUT2D eigenvalue weighted by molar-refractivity contribution is 0.192. The van der Waals surface area contributed by atoms with Gasteiger partial charge < -0.3 is 10.1 Å². The summed E-state index contributed by atoms with van der Waals surface area (Å²) >= 11 is 0. The molecule has 0 radical (unpaired) electrons. The molecule has 0 aromatic heterocycles. The first kappa shape index (κ1) is 10.9. The summed E-state index contributed by atoms with van der Waals surface area (Å²) in [4.78, 5) is 0. The summed E-state index contributed by atoms with van der Waals surface area (Å²) in [5.74, 6) is 0. The van der Waals surface area contributed by atoms with E-state index in [4.69, 9.17) is 4.74 Å². The van der Waals surface area contributed by atoms with Gasteiger partial charge in [0.25, 0.3) is 0 Å². The first-order valence-electron chi connectivity index (χ1n) is 4.55. The highest BCUT2D eigenvalue weighted by molar-refractivity contribution is 4.45. The molecule has 0 atom stereocenters. The highest BCUT2D eigenvalue weighted by Gasteiger charge is 1.88. The van der Waals surface area contributed by atoms with E-state index in [2.05, 4.69) is 5.32 Å². The second-order valence-corrected chi connectivity index (χ2v) is 2.86. The van der Waals surface area contributed by atoms with Gasteiger partial charge in [0.15, 0.2) is 0 Å². The molecule has 2 nitrogen and oxygen atoms in total. The summed E-state index contributed by atoms with van der Waals surface area (Å²) in [7, 11) is 3.77. The lowest BCUT2D eigenvalue weighted by atomic mass is 10.1. The van der Waals surface area contributed by atoms with E-state index in [1.807, 2.05) is 7.05 Å². The number of rotatable bonds is 8. The van der Waals surface area contributed by atoms with Crippen LogP contribution >= 0.6 is 0 Å². The van der Waals surface area contributed by atoms with E-state index >= 15 is 0 Å². The Hall–Kier alpha value is -0.0800. The molecule has 0 saturated carbocycles. The number of ether oxygens (including phenoxy) is 1. The van der Waals surface area contributed by atoms with E-state index in [0.29, 0.717) is 0 Å². The van der Waals surface area contributed by atoms with E-state index < -0.39 is 0 Å². The van der Waals surface area contributed by atoms with Crippen LogP contribution in [-0.2, 0) is 4.74 Å². The molecule has 0 saturated heterocycles. The highest BCUT2D eigenvalue weighted by atomic mass is 16.5. The topological polar surface area (TPSA) is 21.3 Å². The quantitative estimate of drug-likeness (QED) is 0.545. The summed E-state index contributed by atoms with van der Waals surface area (Å²) in [6, 6.07) is 0. The van der Waals surface area contributed by atoms with E-state index in [9.17, 15) is 0 Å². The first-order valence-corrected chi connectivity index (χ1v) is 4.55. The minimum Gasteiger partial charge on any atom is -0.385 e. The molecule has 0 aliphatic heterocycles.